The first-order chi connectivity index (χ1) is 6.15. The number of piperazine rings is 1. The van der Waals surface area contributed by atoms with Gasteiger partial charge in [0.15, 0.2) is 0 Å². The Labute approximate surface area is 80.5 Å². The number of nitrogens with zero attached hydrogens (tertiary/aromatic N) is 1. The van der Waals surface area contributed by atoms with Crippen LogP contribution < -0.4 is 5.32 Å². The Bertz CT molecular complexity index is 182. The summed E-state index contributed by atoms with van der Waals surface area (Å²) in [7, 11) is 0. The van der Waals surface area contributed by atoms with Crippen molar-refractivity contribution in [1.29, 1.82) is 0 Å². The average Bonchev–Trinajstić information content (AvgIpc) is 2.09. The third-order valence-electron chi connectivity index (χ3n) is 2.55. The fourth-order valence-corrected chi connectivity index (χ4v) is 1.73. The Hall–Kier alpha value is -0.570. The fourth-order valence-electron chi connectivity index (χ4n) is 1.73. The van der Waals surface area contributed by atoms with Gasteiger partial charge in [0.2, 0.25) is 5.91 Å². The van der Waals surface area contributed by atoms with E-state index in [2.05, 4.69) is 19.2 Å². The van der Waals surface area contributed by atoms with Crippen LogP contribution in [0, 0.1) is 0 Å². The van der Waals surface area contributed by atoms with E-state index in [9.17, 15) is 4.79 Å². The third-order valence-corrected chi connectivity index (χ3v) is 2.55. The third kappa shape index (κ3) is 2.69. The van der Waals surface area contributed by atoms with Crippen LogP contribution >= 0.6 is 0 Å². The van der Waals surface area contributed by atoms with E-state index in [-0.39, 0.29) is 0 Å². The zero-order chi connectivity index (χ0) is 9.84. The first-order valence-corrected chi connectivity index (χ1v) is 5.18. The van der Waals surface area contributed by atoms with E-state index >= 15 is 0 Å². The van der Waals surface area contributed by atoms with Crippen LogP contribution in [-0.4, -0.2) is 36.0 Å². The molecule has 0 aromatic rings. The molecule has 1 fully saturated rings. The van der Waals surface area contributed by atoms with Gasteiger partial charge in [-0.3, -0.25) is 4.79 Å². The summed E-state index contributed by atoms with van der Waals surface area (Å²) >= 11 is 0. The lowest BCUT2D eigenvalue weighted by molar-refractivity contribution is -0.134. The summed E-state index contributed by atoms with van der Waals surface area (Å²) in [5, 5.41) is 3.36. The number of hydrogen-bond donors (Lipinski definition) is 1. The van der Waals surface area contributed by atoms with Crippen LogP contribution in [0.5, 0.6) is 0 Å². The predicted octanol–water partition coefficient (Wildman–Crippen LogP) is 0.995. The molecule has 13 heavy (non-hydrogen) atoms. The second kappa shape index (κ2) is 4.61. The predicted molar refractivity (Wildman–Crippen MR) is 53.5 cm³/mol. The zero-order valence-electron chi connectivity index (χ0n) is 8.84. The number of amides is 1. The highest BCUT2D eigenvalue weighted by molar-refractivity contribution is 5.76. The van der Waals surface area contributed by atoms with Crippen LogP contribution in [-0.2, 0) is 4.79 Å². The van der Waals surface area contributed by atoms with Crippen LogP contribution in [0.15, 0.2) is 0 Å². The SMILES string of the molecule is CCCC(=O)N1CC(C)NCC1C. The van der Waals surface area contributed by atoms with Gasteiger partial charge in [-0.25, -0.2) is 0 Å². The molecule has 1 rings (SSSR count). The molecule has 3 nitrogen and oxygen atoms in total. The Kier molecular flexibility index (Phi) is 3.72. The highest BCUT2D eigenvalue weighted by atomic mass is 16.2. The normalized spacial score (nSPS) is 29.0. The van der Waals surface area contributed by atoms with Crippen molar-refractivity contribution in [1.82, 2.24) is 10.2 Å². The van der Waals surface area contributed by atoms with Crippen molar-refractivity contribution in [3.63, 3.8) is 0 Å². The van der Waals surface area contributed by atoms with Gasteiger partial charge in [-0.15, -0.1) is 0 Å². The quantitative estimate of drug-likeness (QED) is 0.694. The van der Waals surface area contributed by atoms with E-state index in [4.69, 9.17) is 0 Å². The minimum absolute atomic E-state index is 0.309. The molecule has 0 radical (unpaired) electrons. The standard InChI is InChI=1S/C10H20N2O/c1-4-5-10(13)12-7-8(2)11-6-9(12)3/h8-9,11H,4-7H2,1-3H3. The van der Waals surface area contributed by atoms with Gasteiger partial charge in [0, 0.05) is 31.6 Å². The second-order valence-corrected chi connectivity index (χ2v) is 3.95. The smallest absolute Gasteiger partial charge is 0.222 e. The number of nitrogens with one attached hydrogen (secondary N) is 1. The Balaban J connectivity index is 2.50. The van der Waals surface area contributed by atoms with E-state index in [0.29, 0.717) is 24.4 Å². The van der Waals surface area contributed by atoms with Crippen molar-refractivity contribution in [2.24, 2.45) is 0 Å². The summed E-state index contributed by atoms with van der Waals surface area (Å²) in [6.07, 6.45) is 1.64. The van der Waals surface area contributed by atoms with Gasteiger partial charge in [0.05, 0.1) is 0 Å². The molecule has 0 aromatic carbocycles. The molecule has 0 aromatic heterocycles. The van der Waals surface area contributed by atoms with Crippen molar-refractivity contribution < 1.29 is 4.79 Å². The average molecular weight is 184 g/mol. The highest BCUT2D eigenvalue weighted by Gasteiger charge is 2.25. The van der Waals surface area contributed by atoms with Crippen molar-refractivity contribution >= 4 is 5.91 Å². The molecular weight excluding hydrogens is 164 g/mol. The topological polar surface area (TPSA) is 32.3 Å². The highest BCUT2D eigenvalue weighted by Crippen LogP contribution is 2.09. The fraction of sp³-hybridized carbons (Fsp3) is 0.900. The summed E-state index contributed by atoms with van der Waals surface area (Å²) in [5.41, 5.74) is 0. The number of carbonyl (C=O) groups excluding carboxylic acids is 1. The molecule has 1 heterocycles. The first-order valence-electron chi connectivity index (χ1n) is 5.18. The summed E-state index contributed by atoms with van der Waals surface area (Å²) < 4.78 is 0. The molecule has 0 aliphatic carbocycles. The molecule has 2 atom stereocenters. The molecule has 1 amide bonds. The van der Waals surface area contributed by atoms with Crippen LogP contribution in [0.25, 0.3) is 0 Å². The Morgan fingerprint density at radius 3 is 2.85 bits per heavy atom. The molecule has 1 aliphatic rings. The summed E-state index contributed by atoms with van der Waals surface area (Å²) in [6, 6.07) is 0.798. The lowest BCUT2D eigenvalue weighted by atomic mass is 10.1. The molecule has 1 N–H and O–H groups in total. The van der Waals surface area contributed by atoms with Gasteiger partial charge in [-0.05, 0) is 20.3 Å². The number of carbonyl (C=O) groups is 1. The van der Waals surface area contributed by atoms with Crippen LogP contribution in [0.2, 0.25) is 0 Å². The van der Waals surface area contributed by atoms with Gasteiger partial charge in [0.1, 0.15) is 0 Å². The Morgan fingerprint density at radius 2 is 2.23 bits per heavy atom. The van der Waals surface area contributed by atoms with Crippen molar-refractivity contribution in [3.05, 3.63) is 0 Å². The lowest BCUT2D eigenvalue weighted by Gasteiger charge is -2.37. The number of hydrogen-bond acceptors (Lipinski definition) is 2. The second-order valence-electron chi connectivity index (χ2n) is 3.95. The van der Waals surface area contributed by atoms with Crippen LogP contribution in [0.4, 0.5) is 0 Å². The first kappa shape index (κ1) is 10.5. The molecule has 76 valence electrons. The van der Waals surface area contributed by atoms with Gasteiger partial charge < -0.3 is 10.2 Å². The molecule has 0 spiro atoms. The summed E-state index contributed by atoms with van der Waals surface area (Å²) in [6.45, 7) is 8.06. The largest absolute Gasteiger partial charge is 0.337 e. The van der Waals surface area contributed by atoms with Gasteiger partial charge in [0.25, 0.3) is 0 Å². The maximum absolute atomic E-state index is 11.7. The minimum Gasteiger partial charge on any atom is -0.337 e. The van der Waals surface area contributed by atoms with Gasteiger partial charge in [-0.1, -0.05) is 6.92 Å². The summed E-state index contributed by atoms with van der Waals surface area (Å²) in [5.74, 6) is 0.309. The molecule has 1 saturated heterocycles. The van der Waals surface area contributed by atoms with Crippen LogP contribution in [0.3, 0.4) is 0 Å². The summed E-state index contributed by atoms with van der Waals surface area (Å²) in [4.78, 5) is 13.7. The van der Waals surface area contributed by atoms with Crippen molar-refractivity contribution in [2.75, 3.05) is 13.1 Å². The van der Waals surface area contributed by atoms with E-state index in [1.54, 1.807) is 0 Å². The zero-order valence-corrected chi connectivity index (χ0v) is 8.84. The van der Waals surface area contributed by atoms with Gasteiger partial charge in [-0.2, -0.15) is 0 Å². The molecule has 3 heteroatoms. The van der Waals surface area contributed by atoms with E-state index in [1.165, 1.54) is 0 Å². The molecule has 0 saturated carbocycles. The van der Waals surface area contributed by atoms with Crippen molar-refractivity contribution in [2.45, 2.75) is 45.7 Å². The molecular formula is C10H20N2O. The maximum Gasteiger partial charge on any atom is 0.222 e. The Morgan fingerprint density at radius 1 is 1.54 bits per heavy atom. The molecule has 1 aliphatic heterocycles. The van der Waals surface area contributed by atoms with Crippen LogP contribution in [0.1, 0.15) is 33.6 Å². The maximum atomic E-state index is 11.7. The van der Waals surface area contributed by atoms with Gasteiger partial charge >= 0.3 is 0 Å². The molecule has 0 bridgehead atoms. The monoisotopic (exact) mass is 184 g/mol. The minimum atomic E-state index is 0.309. The van der Waals surface area contributed by atoms with E-state index in [1.807, 2.05) is 11.8 Å². The molecule has 2 unspecified atom stereocenters. The number of rotatable bonds is 2. The lowest BCUT2D eigenvalue weighted by Crippen LogP contribution is -2.56. The van der Waals surface area contributed by atoms with E-state index in [0.717, 1.165) is 19.5 Å². The van der Waals surface area contributed by atoms with E-state index < -0.39 is 0 Å². The van der Waals surface area contributed by atoms with Crippen molar-refractivity contribution in [3.8, 4) is 0 Å².